The fourth-order valence-corrected chi connectivity index (χ4v) is 2.17. The molecule has 3 nitrogen and oxygen atoms in total. The van der Waals surface area contributed by atoms with Crippen LogP contribution in [0.3, 0.4) is 0 Å². The average molecular weight is 298 g/mol. The molecule has 1 N–H and O–H groups in total. The second-order valence-corrected chi connectivity index (χ2v) is 4.63. The van der Waals surface area contributed by atoms with Crippen molar-refractivity contribution < 1.29 is 9.47 Å². The van der Waals surface area contributed by atoms with E-state index in [-0.39, 0.29) is 0 Å². The summed E-state index contributed by atoms with van der Waals surface area (Å²) in [6.45, 7) is 0. The number of rotatable bonds is 4. The third-order valence-corrected chi connectivity index (χ3v) is 3.21. The van der Waals surface area contributed by atoms with Crippen LogP contribution >= 0.6 is 23.2 Å². The lowest BCUT2D eigenvalue weighted by Gasteiger charge is -2.12. The quantitative estimate of drug-likeness (QED) is 0.883. The van der Waals surface area contributed by atoms with E-state index in [1.165, 1.54) is 0 Å². The summed E-state index contributed by atoms with van der Waals surface area (Å²) < 4.78 is 10.2. The Labute approximate surface area is 122 Å². The summed E-state index contributed by atoms with van der Waals surface area (Å²) in [7, 11) is 3.19. The van der Waals surface area contributed by atoms with Crippen LogP contribution < -0.4 is 14.8 Å². The summed E-state index contributed by atoms with van der Waals surface area (Å²) in [4.78, 5) is 0. The van der Waals surface area contributed by atoms with Crippen molar-refractivity contribution in [2.75, 3.05) is 19.5 Å². The number of methoxy groups -OCH3 is 2. The molecule has 0 amide bonds. The van der Waals surface area contributed by atoms with Crippen LogP contribution in [-0.2, 0) is 0 Å². The van der Waals surface area contributed by atoms with Crippen molar-refractivity contribution in [3.05, 3.63) is 46.4 Å². The van der Waals surface area contributed by atoms with Gasteiger partial charge in [-0.05, 0) is 24.3 Å². The monoisotopic (exact) mass is 297 g/mol. The van der Waals surface area contributed by atoms with E-state index in [2.05, 4.69) is 5.32 Å². The van der Waals surface area contributed by atoms with Gasteiger partial charge in [0.25, 0.3) is 0 Å². The van der Waals surface area contributed by atoms with Gasteiger partial charge in [0.05, 0.1) is 30.0 Å². The molecule has 0 spiro atoms. The van der Waals surface area contributed by atoms with Crippen LogP contribution in [0.1, 0.15) is 0 Å². The number of nitrogens with one attached hydrogen (secondary N) is 1. The van der Waals surface area contributed by atoms with E-state index < -0.39 is 0 Å². The molecular weight excluding hydrogens is 285 g/mol. The van der Waals surface area contributed by atoms with E-state index in [1.54, 1.807) is 26.4 Å². The van der Waals surface area contributed by atoms with Gasteiger partial charge in [0.2, 0.25) is 0 Å². The Kier molecular flexibility index (Phi) is 4.40. The number of ether oxygens (including phenoxy) is 2. The van der Waals surface area contributed by atoms with Crippen molar-refractivity contribution in [3.63, 3.8) is 0 Å². The lowest BCUT2D eigenvalue weighted by atomic mass is 10.2. The van der Waals surface area contributed by atoms with Gasteiger partial charge in [-0.3, -0.25) is 0 Å². The molecule has 0 unspecified atom stereocenters. The normalized spacial score (nSPS) is 10.1. The fraction of sp³-hybridized carbons (Fsp3) is 0.143. The summed E-state index contributed by atoms with van der Waals surface area (Å²) >= 11 is 12.3. The summed E-state index contributed by atoms with van der Waals surface area (Å²) in [6, 6.07) is 10.9. The van der Waals surface area contributed by atoms with Crippen LogP contribution in [-0.4, -0.2) is 14.2 Å². The highest BCUT2D eigenvalue weighted by molar-refractivity contribution is 6.39. The van der Waals surface area contributed by atoms with Crippen LogP contribution in [0.2, 0.25) is 10.0 Å². The van der Waals surface area contributed by atoms with E-state index >= 15 is 0 Å². The highest BCUT2D eigenvalue weighted by Gasteiger charge is 2.09. The largest absolute Gasteiger partial charge is 0.497 e. The number of hydrogen-bond acceptors (Lipinski definition) is 3. The van der Waals surface area contributed by atoms with Gasteiger partial charge < -0.3 is 14.8 Å². The first-order chi connectivity index (χ1) is 9.13. The van der Waals surface area contributed by atoms with Crippen LogP contribution in [0, 0.1) is 0 Å². The van der Waals surface area contributed by atoms with Gasteiger partial charge in [-0.1, -0.05) is 23.2 Å². The van der Waals surface area contributed by atoms with E-state index in [1.807, 2.05) is 24.3 Å². The van der Waals surface area contributed by atoms with E-state index in [9.17, 15) is 0 Å². The molecule has 0 saturated heterocycles. The molecule has 0 bridgehead atoms. The molecule has 100 valence electrons. The van der Waals surface area contributed by atoms with Gasteiger partial charge in [-0.25, -0.2) is 0 Å². The second kappa shape index (κ2) is 6.04. The van der Waals surface area contributed by atoms with Gasteiger partial charge in [-0.15, -0.1) is 0 Å². The summed E-state index contributed by atoms with van der Waals surface area (Å²) in [5, 5.41) is 4.17. The van der Waals surface area contributed by atoms with Crippen molar-refractivity contribution in [1.29, 1.82) is 0 Å². The molecule has 0 aliphatic rings. The number of benzene rings is 2. The standard InChI is InChI=1S/C14H13Cl2NO2/c1-18-10-5-3-9(4-6-10)17-14-12(15)7-11(19-2)8-13(14)16/h3-8,17H,1-2H3. The molecule has 5 heteroatoms. The zero-order valence-corrected chi connectivity index (χ0v) is 12.0. The average Bonchev–Trinajstić information content (AvgIpc) is 2.43. The Morgan fingerprint density at radius 1 is 0.842 bits per heavy atom. The molecule has 0 fully saturated rings. The smallest absolute Gasteiger partial charge is 0.121 e. The fourth-order valence-electron chi connectivity index (χ4n) is 1.61. The van der Waals surface area contributed by atoms with Crippen molar-refractivity contribution in [2.45, 2.75) is 0 Å². The molecule has 0 radical (unpaired) electrons. The van der Waals surface area contributed by atoms with Crippen molar-refractivity contribution in [3.8, 4) is 11.5 Å². The maximum atomic E-state index is 6.17. The predicted molar refractivity (Wildman–Crippen MR) is 79.3 cm³/mol. The van der Waals surface area contributed by atoms with E-state index in [0.29, 0.717) is 21.5 Å². The molecular formula is C14H13Cl2NO2. The van der Waals surface area contributed by atoms with Crippen molar-refractivity contribution >= 4 is 34.6 Å². The minimum Gasteiger partial charge on any atom is -0.497 e. The third-order valence-electron chi connectivity index (χ3n) is 2.61. The lowest BCUT2D eigenvalue weighted by molar-refractivity contribution is 0.415. The van der Waals surface area contributed by atoms with Crippen molar-refractivity contribution in [2.24, 2.45) is 0 Å². The highest BCUT2D eigenvalue weighted by Crippen LogP contribution is 2.36. The van der Waals surface area contributed by atoms with Crippen molar-refractivity contribution in [1.82, 2.24) is 0 Å². The van der Waals surface area contributed by atoms with E-state index in [4.69, 9.17) is 32.7 Å². The SMILES string of the molecule is COc1ccc(Nc2c(Cl)cc(OC)cc2Cl)cc1. The van der Waals surface area contributed by atoms with Crippen LogP contribution in [0.4, 0.5) is 11.4 Å². The topological polar surface area (TPSA) is 30.5 Å². The summed E-state index contributed by atoms with van der Waals surface area (Å²) in [5.74, 6) is 1.41. The van der Waals surface area contributed by atoms with Crippen LogP contribution in [0.25, 0.3) is 0 Å². The van der Waals surface area contributed by atoms with Gasteiger partial charge in [0.1, 0.15) is 11.5 Å². The first kappa shape index (κ1) is 13.8. The Morgan fingerprint density at radius 2 is 1.37 bits per heavy atom. The first-order valence-electron chi connectivity index (χ1n) is 5.58. The zero-order valence-electron chi connectivity index (χ0n) is 10.5. The van der Waals surface area contributed by atoms with Crippen LogP contribution in [0.5, 0.6) is 11.5 Å². The van der Waals surface area contributed by atoms with Crippen LogP contribution in [0.15, 0.2) is 36.4 Å². The number of halogens is 2. The molecule has 0 aromatic heterocycles. The Balaban J connectivity index is 2.27. The van der Waals surface area contributed by atoms with Gasteiger partial charge in [-0.2, -0.15) is 0 Å². The first-order valence-corrected chi connectivity index (χ1v) is 6.33. The van der Waals surface area contributed by atoms with Gasteiger partial charge in [0, 0.05) is 17.8 Å². The molecule has 0 heterocycles. The Bertz CT molecular complexity index is 547. The molecule has 19 heavy (non-hydrogen) atoms. The zero-order chi connectivity index (χ0) is 13.8. The van der Waals surface area contributed by atoms with Gasteiger partial charge in [0.15, 0.2) is 0 Å². The molecule has 2 aromatic rings. The molecule has 0 aliphatic carbocycles. The molecule has 0 aliphatic heterocycles. The molecule has 2 aromatic carbocycles. The predicted octanol–water partition coefficient (Wildman–Crippen LogP) is 4.75. The van der Waals surface area contributed by atoms with E-state index in [0.717, 1.165) is 11.4 Å². The Hall–Kier alpha value is -1.58. The molecule has 2 rings (SSSR count). The number of hydrogen-bond donors (Lipinski definition) is 1. The Morgan fingerprint density at radius 3 is 1.84 bits per heavy atom. The van der Waals surface area contributed by atoms with Gasteiger partial charge >= 0.3 is 0 Å². The summed E-state index contributed by atoms with van der Waals surface area (Å²) in [5.41, 5.74) is 1.52. The second-order valence-electron chi connectivity index (χ2n) is 3.82. The maximum absolute atomic E-state index is 6.17. The summed E-state index contributed by atoms with van der Waals surface area (Å²) in [6.07, 6.45) is 0. The lowest BCUT2D eigenvalue weighted by Crippen LogP contribution is -1.94. The highest BCUT2D eigenvalue weighted by atomic mass is 35.5. The molecule has 0 atom stereocenters. The maximum Gasteiger partial charge on any atom is 0.121 e. The molecule has 0 saturated carbocycles. The minimum atomic E-state index is 0.500. The third kappa shape index (κ3) is 3.25. The number of anilines is 2. The minimum absolute atomic E-state index is 0.500.